The molecule has 6 nitrogen and oxygen atoms in total. The van der Waals surface area contributed by atoms with Crippen molar-refractivity contribution in [2.45, 2.75) is 32.9 Å². The lowest BCUT2D eigenvalue weighted by Crippen LogP contribution is -2.37. The number of nitrogens with one attached hydrogen (secondary N) is 1. The number of nitrogens with zero attached hydrogens (tertiary/aromatic N) is 3. The second-order valence-electron chi connectivity index (χ2n) is 6.70. The number of ether oxygens (including phenoxy) is 1. The van der Waals surface area contributed by atoms with Crippen LogP contribution in [0.2, 0.25) is 0 Å². The first-order valence-corrected chi connectivity index (χ1v) is 9.16. The van der Waals surface area contributed by atoms with Crippen molar-refractivity contribution in [2.75, 3.05) is 0 Å². The highest BCUT2D eigenvalue weighted by molar-refractivity contribution is 5.81. The maximum atomic E-state index is 13.1. The van der Waals surface area contributed by atoms with E-state index >= 15 is 0 Å². The van der Waals surface area contributed by atoms with Crippen LogP contribution in [0.4, 0.5) is 4.39 Å². The van der Waals surface area contributed by atoms with E-state index < -0.39 is 6.10 Å². The highest BCUT2D eigenvalue weighted by atomic mass is 19.1. The summed E-state index contributed by atoms with van der Waals surface area (Å²) in [7, 11) is 0. The van der Waals surface area contributed by atoms with Gasteiger partial charge in [0.2, 0.25) is 0 Å². The second kappa shape index (κ2) is 8.57. The molecule has 29 heavy (non-hydrogen) atoms. The molecule has 0 radical (unpaired) electrons. The van der Waals surface area contributed by atoms with E-state index in [4.69, 9.17) is 10.00 Å². The summed E-state index contributed by atoms with van der Waals surface area (Å²) in [5.74, 6) is -0.0638. The molecule has 7 heteroatoms. The molecule has 3 rings (SSSR count). The number of carbonyl (C=O) groups is 1. The zero-order valence-corrected chi connectivity index (χ0v) is 16.4. The van der Waals surface area contributed by atoms with Gasteiger partial charge in [0.1, 0.15) is 11.6 Å². The van der Waals surface area contributed by atoms with E-state index in [1.54, 1.807) is 54.2 Å². The molecule has 1 heterocycles. The lowest BCUT2D eigenvalue weighted by molar-refractivity contribution is -0.127. The summed E-state index contributed by atoms with van der Waals surface area (Å²) in [5.41, 5.74) is 2.97. The number of rotatable bonds is 6. The van der Waals surface area contributed by atoms with Gasteiger partial charge in [-0.25, -0.2) is 9.07 Å². The molecule has 0 bridgehead atoms. The zero-order chi connectivity index (χ0) is 21.0. The highest BCUT2D eigenvalue weighted by Gasteiger charge is 2.20. The molecule has 0 saturated heterocycles. The summed E-state index contributed by atoms with van der Waals surface area (Å²) in [6.45, 7) is 5.42. The Bertz CT molecular complexity index is 1040. The van der Waals surface area contributed by atoms with Gasteiger partial charge in [-0.05, 0) is 69.3 Å². The molecule has 0 spiro atoms. The van der Waals surface area contributed by atoms with Crippen LogP contribution in [0.15, 0.2) is 54.7 Å². The van der Waals surface area contributed by atoms with Gasteiger partial charge in [-0.3, -0.25) is 4.79 Å². The SMILES string of the molecule is Cc1c(C(C)NC(=O)C(C)Oc2ccc(C#N)cc2)cnn1-c1ccc(F)cc1. The van der Waals surface area contributed by atoms with Gasteiger partial charge in [0.15, 0.2) is 6.10 Å². The number of nitriles is 1. The second-order valence-corrected chi connectivity index (χ2v) is 6.70. The number of hydrogen-bond acceptors (Lipinski definition) is 4. The molecule has 1 aromatic heterocycles. The summed E-state index contributed by atoms with van der Waals surface area (Å²) in [6.07, 6.45) is 0.980. The van der Waals surface area contributed by atoms with Gasteiger partial charge in [-0.15, -0.1) is 0 Å². The summed E-state index contributed by atoms with van der Waals surface area (Å²) in [6, 6.07) is 14.4. The number of halogens is 1. The maximum Gasteiger partial charge on any atom is 0.261 e. The largest absolute Gasteiger partial charge is 0.481 e. The van der Waals surface area contributed by atoms with Crippen molar-refractivity contribution < 1.29 is 13.9 Å². The van der Waals surface area contributed by atoms with Crippen molar-refractivity contribution in [1.29, 1.82) is 5.26 Å². The number of benzene rings is 2. The molecule has 0 aliphatic carbocycles. The molecule has 148 valence electrons. The quantitative estimate of drug-likeness (QED) is 0.691. The lowest BCUT2D eigenvalue weighted by atomic mass is 10.1. The molecule has 2 aromatic carbocycles. The average Bonchev–Trinajstić information content (AvgIpc) is 3.10. The Morgan fingerprint density at radius 1 is 1.17 bits per heavy atom. The van der Waals surface area contributed by atoms with Gasteiger partial charge in [0, 0.05) is 11.3 Å². The predicted molar refractivity (Wildman–Crippen MR) is 106 cm³/mol. The Hall–Kier alpha value is -3.66. The topological polar surface area (TPSA) is 79.9 Å². The molecule has 2 unspecified atom stereocenters. The van der Waals surface area contributed by atoms with Crippen molar-refractivity contribution in [1.82, 2.24) is 15.1 Å². The molecule has 0 fully saturated rings. The molecule has 0 saturated carbocycles. The Kier molecular flexibility index (Phi) is 5.93. The Balaban J connectivity index is 1.66. The standard InChI is InChI=1S/C22H21FN4O2/c1-14(21-13-25-27(15(21)2)19-8-6-18(23)7-9-19)26-22(28)16(3)29-20-10-4-17(12-24)5-11-20/h4-11,13-14,16H,1-3H3,(H,26,28). The number of hydrogen-bond donors (Lipinski definition) is 1. The molecule has 1 amide bonds. The van der Waals surface area contributed by atoms with Gasteiger partial charge in [-0.2, -0.15) is 10.4 Å². The zero-order valence-electron chi connectivity index (χ0n) is 16.4. The smallest absolute Gasteiger partial charge is 0.261 e. The van der Waals surface area contributed by atoms with Crippen molar-refractivity contribution in [3.63, 3.8) is 0 Å². The molecular formula is C22H21FN4O2. The Labute approximate surface area is 168 Å². The van der Waals surface area contributed by atoms with Gasteiger partial charge < -0.3 is 10.1 Å². The van der Waals surface area contributed by atoms with Gasteiger partial charge >= 0.3 is 0 Å². The first-order chi connectivity index (χ1) is 13.9. The van der Waals surface area contributed by atoms with Crippen LogP contribution < -0.4 is 10.1 Å². The van der Waals surface area contributed by atoms with E-state index in [-0.39, 0.29) is 17.8 Å². The first-order valence-electron chi connectivity index (χ1n) is 9.16. The third-order valence-electron chi connectivity index (χ3n) is 4.61. The third kappa shape index (κ3) is 4.61. The van der Waals surface area contributed by atoms with E-state index in [0.717, 1.165) is 16.9 Å². The predicted octanol–water partition coefficient (Wildman–Crippen LogP) is 3.84. The van der Waals surface area contributed by atoms with Crippen LogP contribution in [0, 0.1) is 24.1 Å². The Morgan fingerprint density at radius 3 is 2.45 bits per heavy atom. The van der Waals surface area contributed by atoms with Crippen molar-refractivity contribution in [3.05, 3.63) is 77.4 Å². The minimum Gasteiger partial charge on any atom is -0.481 e. The van der Waals surface area contributed by atoms with Crippen LogP contribution in [0.5, 0.6) is 5.75 Å². The summed E-state index contributed by atoms with van der Waals surface area (Å²) < 4.78 is 20.5. The first kappa shape index (κ1) is 20.1. The fraction of sp³-hybridized carbons (Fsp3) is 0.227. The molecule has 0 aliphatic rings. The van der Waals surface area contributed by atoms with Gasteiger partial charge in [0.05, 0.1) is 29.6 Å². The van der Waals surface area contributed by atoms with E-state index in [0.29, 0.717) is 11.3 Å². The lowest BCUT2D eigenvalue weighted by Gasteiger charge is -2.19. The van der Waals surface area contributed by atoms with Crippen molar-refractivity contribution >= 4 is 5.91 Å². The van der Waals surface area contributed by atoms with Gasteiger partial charge in [-0.1, -0.05) is 0 Å². The van der Waals surface area contributed by atoms with Crippen LogP contribution in [0.3, 0.4) is 0 Å². The van der Waals surface area contributed by atoms with E-state index in [9.17, 15) is 9.18 Å². The molecule has 0 aliphatic heterocycles. The Morgan fingerprint density at radius 2 is 1.83 bits per heavy atom. The van der Waals surface area contributed by atoms with Crippen LogP contribution >= 0.6 is 0 Å². The fourth-order valence-corrected chi connectivity index (χ4v) is 2.96. The van der Waals surface area contributed by atoms with E-state index in [1.807, 2.05) is 19.9 Å². The maximum absolute atomic E-state index is 13.1. The van der Waals surface area contributed by atoms with Crippen molar-refractivity contribution in [3.8, 4) is 17.5 Å². The average molecular weight is 392 g/mol. The van der Waals surface area contributed by atoms with E-state index in [2.05, 4.69) is 10.4 Å². The summed E-state index contributed by atoms with van der Waals surface area (Å²) in [5, 5.41) is 16.1. The van der Waals surface area contributed by atoms with Crippen LogP contribution in [-0.2, 0) is 4.79 Å². The normalized spacial score (nSPS) is 12.7. The van der Waals surface area contributed by atoms with Crippen molar-refractivity contribution in [2.24, 2.45) is 0 Å². The summed E-state index contributed by atoms with van der Waals surface area (Å²) in [4.78, 5) is 12.5. The molecular weight excluding hydrogens is 371 g/mol. The van der Waals surface area contributed by atoms with Gasteiger partial charge in [0.25, 0.3) is 5.91 Å². The summed E-state index contributed by atoms with van der Waals surface area (Å²) >= 11 is 0. The number of carbonyl (C=O) groups excluding carboxylic acids is 1. The fourth-order valence-electron chi connectivity index (χ4n) is 2.96. The number of aromatic nitrogens is 2. The monoisotopic (exact) mass is 392 g/mol. The number of amides is 1. The molecule has 1 N–H and O–H groups in total. The third-order valence-corrected chi connectivity index (χ3v) is 4.61. The van der Waals surface area contributed by atoms with Crippen LogP contribution in [-0.4, -0.2) is 21.8 Å². The highest BCUT2D eigenvalue weighted by Crippen LogP contribution is 2.21. The molecule has 3 aromatic rings. The minimum absolute atomic E-state index is 0.268. The van der Waals surface area contributed by atoms with Crippen LogP contribution in [0.1, 0.15) is 36.7 Å². The van der Waals surface area contributed by atoms with Crippen LogP contribution in [0.25, 0.3) is 5.69 Å². The van der Waals surface area contributed by atoms with E-state index in [1.165, 1.54) is 12.1 Å². The minimum atomic E-state index is -0.710. The molecule has 2 atom stereocenters.